The van der Waals surface area contributed by atoms with Crippen LogP contribution in [-0.2, 0) is 0 Å². The molecule has 1 aliphatic rings. The number of hydrogen-bond donors (Lipinski definition) is 0. The van der Waals surface area contributed by atoms with E-state index in [-0.39, 0.29) is 23.9 Å². The highest BCUT2D eigenvalue weighted by atomic mass is 16.2. The topological polar surface area (TPSA) is 43.9 Å². The van der Waals surface area contributed by atoms with Gasteiger partial charge in [0, 0.05) is 29.1 Å². The number of anilines is 5. The van der Waals surface area contributed by atoms with Crippen molar-refractivity contribution in [2.45, 2.75) is 39.8 Å². The molecule has 4 aromatic carbocycles. The van der Waals surface area contributed by atoms with Crippen LogP contribution in [0.5, 0.6) is 0 Å². The van der Waals surface area contributed by atoms with Gasteiger partial charge in [0.05, 0.1) is 22.5 Å². The van der Waals surface area contributed by atoms with Gasteiger partial charge in [-0.15, -0.1) is 0 Å². The second-order valence-corrected chi connectivity index (χ2v) is 9.77. The zero-order valence-electron chi connectivity index (χ0n) is 21.6. The fourth-order valence-electron chi connectivity index (χ4n) is 5.11. The van der Waals surface area contributed by atoms with Crippen LogP contribution in [0.1, 0.15) is 48.4 Å². The standard InChI is InChI=1S/C32H31N3O2/c1-22(2)33(24-14-8-5-9-15-24)27-20-28-30(32(37)35(31(28)36)26-18-12-7-13-19-26)29(21-27)34(23(3)4)25-16-10-6-11-17-25/h5-23H,1-4H3. The van der Waals surface area contributed by atoms with Crippen LogP contribution in [0.25, 0.3) is 0 Å². The first kappa shape index (κ1) is 24.3. The molecule has 0 N–H and O–H groups in total. The minimum atomic E-state index is -0.303. The van der Waals surface area contributed by atoms with E-state index in [0.29, 0.717) is 16.8 Å². The molecule has 0 saturated heterocycles. The Bertz CT molecular complexity index is 1420. The molecule has 4 aromatic rings. The van der Waals surface area contributed by atoms with E-state index in [1.807, 2.05) is 72.8 Å². The van der Waals surface area contributed by atoms with Crippen LogP contribution in [0, 0.1) is 0 Å². The van der Waals surface area contributed by atoms with E-state index >= 15 is 0 Å². The quantitative estimate of drug-likeness (QED) is 0.251. The summed E-state index contributed by atoms with van der Waals surface area (Å²) in [6.07, 6.45) is 0. The largest absolute Gasteiger partial charge is 0.339 e. The summed E-state index contributed by atoms with van der Waals surface area (Å²) >= 11 is 0. The molecule has 0 saturated carbocycles. The smallest absolute Gasteiger partial charge is 0.268 e. The summed E-state index contributed by atoms with van der Waals surface area (Å²) in [5.41, 5.74) is 5.01. The van der Waals surface area contributed by atoms with E-state index in [1.54, 1.807) is 12.1 Å². The van der Waals surface area contributed by atoms with Crippen molar-refractivity contribution in [3.05, 3.63) is 114 Å². The van der Waals surface area contributed by atoms with Crippen molar-refractivity contribution in [3.63, 3.8) is 0 Å². The minimum absolute atomic E-state index is 0.0413. The minimum Gasteiger partial charge on any atom is -0.339 e. The summed E-state index contributed by atoms with van der Waals surface area (Å²) in [5, 5.41) is 0. The van der Waals surface area contributed by atoms with Crippen LogP contribution < -0.4 is 14.7 Å². The second kappa shape index (κ2) is 9.94. The van der Waals surface area contributed by atoms with E-state index < -0.39 is 0 Å². The summed E-state index contributed by atoms with van der Waals surface area (Å²) < 4.78 is 0. The van der Waals surface area contributed by atoms with Crippen LogP contribution in [0.4, 0.5) is 28.4 Å². The number of benzene rings is 4. The lowest BCUT2D eigenvalue weighted by atomic mass is 10.0. The predicted molar refractivity (Wildman–Crippen MR) is 151 cm³/mol. The lowest BCUT2D eigenvalue weighted by Crippen LogP contribution is -2.31. The predicted octanol–water partition coefficient (Wildman–Crippen LogP) is 7.58. The van der Waals surface area contributed by atoms with Crippen molar-refractivity contribution in [1.29, 1.82) is 0 Å². The average Bonchev–Trinajstić information content (AvgIpc) is 3.15. The van der Waals surface area contributed by atoms with E-state index in [0.717, 1.165) is 22.7 Å². The van der Waals surface area contributed by atoms with Gasteiger partial charge in [-0.3, -0.25) is 9.59 Å². The highest BCUT2D eigenvalue weighted by Crippen LogP contribution is 2.43. The van der Waals surface area contributed by atoms with Gasteiger partial charge in [-0.05, 0) is 76.2 Å². The Balaban J connectivity index is 1.77. The van der Waals surface area contributed by atoms with Crippen LogP contribution in [0.3, 0.4) is 0 Å². The van der Waals surface area contributed by atoms with E-state index in [4.69, 9.17) is 0 Å². The highest BCUT2D eigenvalue weighted by Gasteiger charge is 2.41. The van der Waals surface area contributed by atoms with Crippen molar-refractivity contribution in [2.24, 2.45) is 0 Å². The van der Waals surface area contributed by atoms with E-state index in [1.165, 1.54) is 4.90 Å². The van der Waals surface area contributed by atoms with Crippen molar-refractivity contribution in [1.82, 2.24) is 0 Å². The van der Waals surface area contributed by atoms with Gasteiger partial charge >= 0.3 is 0 Å². The second-order valence-electron chi connectivity index (χ2n) is 9.77. The maximum absolute atomic E-state index is 13.9. The molecule has 1 aliphatic heterocycles. The monoisotopic (exact) mass is 489 g/mol. The number of hydrogen-bond acceptors (Lipinski definition) is 4. The SMILES string of the molecule is CC(C)N(c1ccccc1)c1cc2c(c(N(c3ccccc3)C(C)C)c1)C(=O)N(c1ccccc1)C2=O. The van der Waals surface area contributed by atoms with Gasteiger partial charge in [-0.2, -0.15) is 0 Å². The Morgan fingerprint density at radius 2 is 1.05 bits per heavy atom. The molecule has 5 rings (SSSR count). The molecule has 0 aromatic heterocycles. The summed E-state index contributed by atoms with van der Waals surface area (Å²) in [4.78, 5) is 33.4. The molecule has 0 bridgehead atoms. The zero-order valence-corrected chi connectivity index (χ0v) is 21.6. The Morgan fingerprint density at radius 3 is 1.57 bits per heavy atom. The Kier molecular flexibility index (Phi) is 6.53. The van der Waals surface area contributed by atoms with Crippen LogP contribution in [0.2, 0.25) is 0 Å². The number of rotatable bonds is 7. The van der Waals surface area contributed by atoms with Gasteiger partial charge in [0.25, 0.3) is 11.8 Å². The van der Waals surface area contributed by atoms with Gasteiger partial charge in [0.2, 0.25) is 0 Å². The maximum atomic E-state index is 13.9. The van der Waals surface area contributed by atoms with Crippen molar-refractivity contribution >= 4 is 40.3 Å². The fourth-order valence-corrected chi connectivity index (χ4v) is 5.11. The molecule has 0 radical (unpaired) electrons. The first-order chi connectivity index (χ1) is 17.9. The molecule has 0 unspecified atom stereocenters. The molecular formula is C32H31N3O2. The highest BCUT2D eigenvalue weighted by molar-refractivity contribution is 6.36. The number of amides is 2. The zero-order chi connectivity index (χ0) is 26.1. The van der Waals surface area contributed by atoms with Crippen molar-refractivity contribution < 1.29 is 9.59 Å². The van der Waals surface area contributed by atoms with Gasteiger partial charge in [0.15, 0.2) is 0 Å². The number of nitrogens with zero attached hydrogens (tertiary/aromatic N) is 3. The van der Waals surface area contributed by atoms with Gasteiger partial charge in [-0.1, -0.05) is 54.6 Å². The maximum Gasteiger partial charge on any atom is 0.268 e. The Morgan fingerprint density at radius 1 is 0.568 bits per heavy atom. The van der Waals surface area contributed by atoms with Gasteiger partial charge < -0.3 is 9.80 Å². The van der Waals surface area contributed by atoms with Crippen molar-refractivity contribution in [2.75, 3.05) is 14.7 Å². The summed E-state index contributed by atoms with van der Waals surface area (Å²) in [6, 6.07) is 33.4. The van der Waals surface area contributed by atoms with E-state index in [2.05, 4.69) is 55.7 Å². The number of carbonyl (C=O) groups is 2. The number of carbonyl (C=O) groups excluding carboxylic acids is 2. The molecule has 186 valence electrons. The Labute approximate surface area is 218 Å². The molecular weight excluding hydrogens is 458 g/mol. The molecule has 0 spiro atoms. The molecule has 0 atom stereocenters. The van der Waals surface area contributed by atoms with Crippen LogP contribution >= 0.6 is 0 Å². The fraction of sp³-hybridized carbons (Fsp3) is 0.188. The third-order valence-corrected chi connectivity index (χ3v) is 6.61. The molecule has 5 nitrogen and oxygen atoms in total. The number of para-hydroxylation sites is 3. The normalized spacial score (nSPS) is 12.9. The summed E-state index contributed by atoms with van der Waals surface area (Å²) in [7, 11) is 0. The van der Waals surface area contributed by atoms with Crippen LogP contribution in [-0.4, -0.2) is 23.9 Å². The molecule has 0 fully saturated rings. The van der Waals surface area contributed by atoms with E-state index in [9.17, 15) is 9.59 Å². The summed E-state index contributed by atoms with van der Waals surface area (Å²) in [6.45, 7) is 8.44. The molecule has 37 heavy (non-hydrogen) atoms. The number of fused-ring (bicyclic) bond motifs is 1. The van der Waals surface area contributed by atoms with Gasteiger partial charge in [0.1, 0.15) is 0 Å². The lowest BCUT2D eigenvalue weighted by Gasteiger charge is -2.34. The number of imide groups is 1. The summed E-state index contributed by atoms with van der Waals surface area (Å²) in [5.74, 6) is -0.604. The lowest BCUT2D eigenvalue weighted by molar-refractivity contribution is 0.0926. The molecule has 2 amide bonds. The van der Waals surface area contributed by atoms with Crippen molar-refractivity contribution in [3.8, 4) is 0 Å². The molecule has 1 heterocycles. The van der Waals surface area contributed by atoms with Crippen LogP contribution in [0.15, 0.2) is 103 Å². The molecule has 5 heteroatoms. The average molecular weight is 490 g/mol. The Hall–Kier alpha value is -4.38. The third-order valence-electron chi connectivity index (χ3n) is 6.61. The first-order valence-corrected chi connectivity index (χ1v) is 12.7. The third kappa shape index (κ3) is 4.38. The van der Waals surface area contributed by atoms with Gasteiger partial charge in [-0.25, -0.2) is 4.90 Å². The first-order valence-electron chi connectivity index (χ1n) is 12.7. The molecule has 0 aliphatic carbocycles.